The SMILES string of the molecule is CCOc1ccc(Br)cc1C=CC(=O)Nc1nc(-c2ccc(OC)cc2)cs1. The fraction of sp³-hybridized carbons (Fsp3) is 0.143. The molecule has 0 spiro atoms. The van der Waals surface area contributed by atoms with E-state index in [4.69, 9.17) is 9.47 Å². The largest absolute Gasteiger partial charge is 0.497 e. The molecule has 0 aliphatic heterocycles. The Morgan fingerprint density at radius 1 is 1.25 bits per heavy atom. The third-order valence-corrected chi connectivity index (χ3v) is 5.06. The highest BCUT2D eigenvalue weighted by Crippen LogP contribution is 2.27. The number of nitrogens with zero attached hydrogens (tertiary/aromatic N) is 1. The summed E-state index contributed by atoms with van der Waals surface area (Å²) in [7, 11) is 1.63. The highest BCUT2D eigenvalue weighted by atomic mass is 79.9. The standard InChI is InChI=1S/C21H19BrN2O3S/c1-3-27-19-10-7-16(22)12-15(19)6-11-20(25)24-21-23-18(13-28-21)14-4-8-17(26-2)9-5-14/h4-13H,3H2,1-2H3,(H,23,24,25). The number of carbonyl (C=O) groups excluding carboxylic acids is 1. The second kappa shape index (κ2) is 9.52. The van der Waals surface area contributed by atoms with Gasteiger partial charge in [0.05, 0.1) is 19.4 Å². The number of halogens is 1. The van der Waals surface area contributed by atoms with Gasteiger partial charge in [-0.05, 0) is 55.5 Å². The molecule has 144 valence electrons. The summed E-state index contributed by atoms with van der Waals surface area (Å²) < 4.78 is 11.7. The maximum atomic E-state index is 12.3. The molecular formula is C21H19BrN2O3S. The topological polar surface area (TPSA) is 60.5 Å². The minimum atomic E-state index is -0.252. The van der Waals surface area contributed by atoms with Gasteiger partial charge < -0.3 is 9.47 Å². The summed E-state index contributed by atoms with van der Waals surface area (Å²) in [5.74, 6) is 1.26. The van der Waals surface area contributed by atoms with E-state index in [0.29, 0.717) is 11.7 Å². The van der Waals surface area contributed by atoms with Gasteiger partial charge in [-0.1, -0.05) is 15.9 Å². The van der Waals surface area contributed by atoms with Crippen LogP contribution in [-0.2, 0) is 4.79 Å². The molecule has 0 bridgehead atoms. The van der Waals surface area contributed by atoms with Crippen LogP contribution in [0, 0.1) is 0 Å². The van der Waals surface area contributed by atoms with Gasteiger partial charge in [0.2, 0.25) is 5.91 Å². The fourth-order valence-electron chi connectivity index (χ4n) is 2.47. The third kappa shape index (κ3) is 5.21. The van der Waals surface area contributed by atoms with Crippen molar-refractivity contribution in [1.29, 1.82) is 0 Å². The van der Waals surface area contributed by atoms with Crippen LogP contribution >= 0.6 is 27.3 Å². The molecule has 2 aromatic carbocycles. The Hall–Kier alpha value is -2.64. The monoisotopic (exact) mass is 458 g/mol. The lowest BCUT2D eigenvalue weighted by molar-refractivity contribution is -0.111. The van der Waals surface area contributed by atoms with Crippen LogP contribution in [0.5, 0.6) is 11.5 Å². The normalized spacial score (nSPS) is 10.8. The van der Waals surface area contributed by atoms with Crippen LogP contribution in [-0.4, -0.2) is 24.6 Å². The molecule has 0 aliphatic carbocycles. The molecule has 0 aliphatic rings. The average molecular weight is 459 g/mol. The summed E-state index contributed by atoms with van der Waals surface area (Å²) in [5, 5.41) is 5.24. The number of anilines is 1. The Morgan fingerprint density at radius 3 is 2.75 bits per heavy atom. The van der Waals surface area contributed by atoms with E-state index in [-0.39, 0.29) is 5.91 Å². The molecule has 0 radical (unpaired) electrons. The van der Waals surface area contributed by atoms with E-state index in [0.717, 1.165) is 32.8 Å². The Labute approximate surface area is 176 Å². The lowest BCUT2D eigenvalue weighted by Gasteiger charge is -2.07. The molecule has 3 aromatic rings. The lowest BCUT2D eigenvalue weighted by atomic mass is 10.2. The smallest absolute Gasteiger partial charge is 0.250 e. The predicted octanol–water partition coefficient (Wildman–Crippen LogP) is 5.63. The van der Waals surface area contributed by atoms with Gasteiger partial charge in [-0.15, -0.1) is 11.3 Å². The van der Waals surface area contributed by atoms with Gasteiger partial charge in [-0.3, -0.25) is 10.1 Å². The van der Waals surface area contributed by atoms with Crippen molar-refractivity contribution in [2.24, 2.45) is 0 Å². The highest BCUT2D eigenvalue weighted by molar-refractivity contribution is 9.10. The Kier molecular flexibility index (Phi) is 6.84. The van der Waals surface area contributed by atoms with E-state index < -0.39 is 0 Å². The zero-order chi connectivity index (χ0) is 19.9. The maximum absolute atomic E-state index is 12.3. The van der Waals surface area contributed by atoms with Gasteiger partial charge in [0.1, 0.15) is 11.5 Å². The lowest BCUT2D eigenvalue weighted by Crippen LogP contribution is -2.07. The number of thiazole rings is 1. The maximum Gasteiger partial charge on any atom is 0.250 e. The first-order chi connectivity index (χ1) is 13.6. The molecule has 0 fully saturated rings. The summed E-state index contributed by atoms with van der Waals surface area (Å²) in [5.41, 5.74) is 2.59. The molecular weight excluding hydrogens is 440 g/mol. The number of ether oxygens (including phenoxy) is 2. The second-order valence-electron chi connectivity index (χ2n) is 5.70. The predicted molar refractivity (Wildman–Crippen MR) is 117 cm³/mol. The van der Waals surface area contributed by atoms with Crippen LogP contribution in [0.15, 0.2) is 58.4 Å². The van der Waals surface area contributed by atoms with E-state index in [9.17, 15) is 4.79 Å². The van der Waals surface area contributed by atoms with Crippen LogP contribution in [0.3, 0.4) is 0 Å². The van der Waals surface area contributed by atoms with Crippen molar-refractivity contribution in [3.8, 4) is 22.8 Å². The summed E-state index contributed by atoms with van der Waals surface area (Å²) in [6.07, 6.45) is 3.20. The van der Waals surface area contributed by atoms with Gasteiger partial charge in [0.25, 0.3) is 0 Å². The molecule has 1 amide bonds. The van der Waals surface area contributed by atoms with Crippen LogP contribution in [0.25, 0.3) is 17.3 Å². The van der Waals surface area contributed by atoms with Crippen molar-refractivity contribution < 1.29 is 14.3 Å². The first-order valence-corrected chi connectivity index (χ1v) is 10.3. The molecule has 7 heteroatoms. The van der Waals surface area contributed by atoms with Gasteiger partial charge in [0.15, 0.2) is 5.13 Å². The zero-order valence-electron chi connectivity index (χ0n) is 15.4. The van der Waals surface area contributed by atoms with Crippen molar-refractivity contribution in [1.82, 2.24) is 4.98 Å². The van der Waals surface area contributed by atoms with E-state index in [1.807, 2.05) is 54.8 Å². The van der Waals surface area contributed by atoms with E-state index >= 15 is 0 Å². The minimum absolute atomic E-state index is 0.252. The van der Waals surface area contributed by atoms with Gasteiger partial charge in [-0.25, -0.2) is 4.98 Å². The number of hydrogen-bond donors (Lipinski definition) is 1. The summed E-state index contributed by atoms with van der Waals surface area (Å²) in [4.78, 5) is 16.7. The minimum Gasteiger partial charge on any atom is -0.497 e. The molecule has 0 unspecified atom stereocenters. The number of carbonyl (C=O) groups is 1. The molecule has 0 saturated carbocycles. The van der Waals surface area contributed by atoms with Crippen molar-refractivity contribution in [2.45, 2.75) is 6.92 Å². The Bertz CT molecular complexity index is 984. The molecule has 1 heterocycles. The van der Waals surface area contributed by atoms with E-state index in [2.05, 4.69) is 26.2 Å². The molecule has 1 aromatic heterocycles. The number of benzene rings is 2. The quantitative estimate of drug-likeness (QED) is 0.465. The summed E-state index contributed by atoms with van der Waals surface area (Å²) in [6.45, 7) is 2.48. The Balaban J connectivity index is 1.68. The van der Waals surface area contributed by atoms with Gasteiger partial charge >= 0.3 is 0 Å². The zero-order valence-corrected chi connectivity index (χ0v) is 17.8. The van der Waals surface area contributed by atoms with Gasteiger partial charge in [-0.2, -0.15) is 0 Å². The van der Waals surface area contributed by atoms with E-state index in [1.165, 1.54) is 17.4 Å². The van der Waals surface area contributed by atoms with Crippen LogP contribution in [0.2, 0.25) is 0 Å². The van der Waals surface area contributed by atoms with Crippen molar-refractivity contribution in [3.63, 3.8) is 0 Å². The van der Waals surface area contributed by atoms with Crippen molar-refractivity contribution in [3.05, 3.63) is 64.0 Å². The number of nitrogens with one attached hydrogen (secondary N) is 1. The Morgan fingerprint density at radius 2 is 2.04 bits per heavy atom. The fourth-order valence-corrected chi connectivity index (χ4v) is 3.58. The molecule has 0 atom stereocenters. The van der Waals surface area contributed by atoms with Crippen molar-refractivity contribution >= 4 is 44.4 Å². The van der Waals surface area contributed by atoms with Gasteiger partial charge in [0, 0.05) is 27.1 Å². The van der Waals surface area contributed by atoms with Crippen LogP contribution in [0.4, 0.5) is 5.13 Å². The average Bonchev–Trinajstić information content (AvgIpc) is 3.16. The number of aromatic nitrogens is 1. The summed E-state index contributed by atoms with van der Waals surface area (Å²) in [6, 6.07) is 13.3. The molecule has 28 heavy (non-hydrogen) atoms. The molecule has 1 N–H and O–H groups in total. The summed E-state index contributed by atoms with van der Waals surface area (Å²) >= 11 is 4.81. The van der Waals surface area contributed by atoms with Crippen LogP contribution in [0.1, 0.15) is 12.5 Å². The molecule has 5 nitrogen and oxygen atoms in total. The first-order valence-electron chi connectivity index (χ1n) is 8.60. The first kappa shape index (κ1) is 20.1. The highest BCUT2D eigenvalue weighted by Gasteiger charge is 2.07. The van der Waals surface area contributed by atoms with E-state index in [1.54, 1.807) is 13.2 Å². The number of amides is 1. The molecule has 3 rings (SSSR count). The number of methoxy groups -OCH3 is 1. The molecule has 0 saturated heterocycles. The second-order valence-corrected chi connectivity index (χ2v) is 7.48. The van der Waals surface area contributed by atoms with Crippen molar-refractivity contribution in [2.75, 3.05) is 19.0 Å². The number of hydrogen-bond acceptors (Lipinski definition) is 5. The number of rotatable bonds is 7. The third-order valence-electron chi connectivity index (χ3n) is 3.81. The van der Waals surface area contributed by atoms with Crippen LogP contribution < -0.4 is 14.8 Å².